The summed E-state index contributed by atoms with van der Waals surface area (Å²) in [5, 5.41) is 128. The first kappa shape index (κ1) is 46.7. The molecule has 0 bridgehead atoms. The molecule has 50 heavy (non-hydrogen) atoms. The third-order valence-corrected chi connectivity index (χ3v) is 7.52. The molecule has 0 heterocycles. The number of aliphatic hydroxyl groups is 10. The summed E-state index contributed by atoms with van der Waals surface area (Å²) < 4.78 is 0. The van der Waals surface area contributed by atoms with Crippen LogP contribution in [0.2, 0.25) is 0 Å². The molecule has 23 nitrogen and oxygen atoms in total. The highest BCUT2D eigenvalue weighted by atomic mass is 32.1. The lowest BCUT2D eigenvalue weighted by Gasteiger charge is -2.32. The molecule has 0 aromatic carbocycles. The lowest BCUT2D eigenvalue weighted by molar-refractivity contribution is -0.145. The maximum absolute atomic E-state index is 13.4. The van der Waals surface area contributed by atoms with E-state index in [1.54, 1.807) is 0 Å². The van der Waals surface area contributed by atoms with Crippen LogP contribution in [0.3, 0.4) is 0 Å². The zero-order chi connectivity index (χ0) is 38.9. The average molecular weight is 750 g/mol. The van der Waals surface area contributed by atoms with Crippen molar-refractivity contribution in [1.82, 2.24) is 26.6 Å². The molecule has 0 saturated carbocycles. The standard InChI is InChI=1S/C26H47N5O18S/c1-27-15(21(43)20(42)13(37)7-34)23(45)31-17(19(41)12(36)3-5-33)24(46)28-9(6-14(38)39)22(44)30-16(18(40)11(35)2-4-32)25(47)29-10(8-50)26(48)49/h9-13,15-21,27,32-37,40-43,50H,2-8H2,1H3,(H,28,46)(H,29,47)(H,30,44)(H,31,45)(H,38,39)(H,48,49)/t9-,10-,11+,12+,13+,15?,16?,17?,18?,19?,20+,21+/m0/s1. The molecule has 0 saturated heterocycles. The zero-order valence-electron chi connectivity index (χ0n) is 26.6. The van der Waals surface area contributed by atoms with Gasteiger partial charge < -0.3 is 87.9 Å². The molecule has 0 fully saturated rings. The molecule has 24 heteroatoms. The van der Waals surface area contributed by atoms with Gasteiger partial charge in [0.25, 0.3) is 0 Å². The highest BCUT2D eigenvalue weighted by molar-refractivity contribution is 7.80. The molecule has 5 unspecified atom stereocenters. The maximum Gasteiger partial charge on any atom is 0.327 e. The number of carboxylic acids is 2. The minimum atomic E-state index is -2.32. The monoisotopic (exact) mass is 749 g/mol. The van der Waals surface area contributed by atoms with Crippen molar-refractivity contribution in [2.45, 2.75) is 92.2 Å². The third-order valence-electron chi connectivity index (χ3n) is 7.16. The van der Waals surface area contributed by atoms with Crippen molar-refractivity contribution < 1.29 is 90.0 Å². The van der Waals surface area contributed by atoms with Gasteiger partial charge in [0.1, 0.15) is 60.7 Å². The smallest absolute Gasteiger partial charge is 0.327 e. The van der Waals surface area contributed by atoms with Gasteiger partial charge in [-0.2, -0.15) is 12.6 Å². The Bertz CT molecular complexity index is 1120. The van der Waals surface area contributed by atoms with Crippen LogP contribution in [0, 0.1) is 0 Å². The number of amides is 4. The SMILES string of the molecule is CNC(C(=O)NC(C(=O)N[C@@H](CC(=O)O)C(=O)NC(C(=O)N[C@@H](CS)C(=O)O)C(O)[C@H](O)CCO)C(O)[C@H](O)CCO)[C@@H](O)[C@H](O)[C@H](O)CO. The van der Waals surface area contributed by atoms with Crippen LogP contribution < -0.4 is 26.6 Å². The molecule has 0 aliphatic rings. The van der Waals surface area contributed by atoms with Crippen molar-refractivity contribution in [2.75, 3.05) is 32.6 Å². The number of aliphatic hydroxyl groups excluding tert-OH is 10. The molecule has 290 valence electrons. The van der Waals surface area contributed by atoms with E-state index < -0.39 is 153 Å². The Morgan fingerprint density at radius 2 is 0.980 bits per heavy atom. The van der Waals surface area contributed by atoms with Crippen LogP contribution in [0.1, 0.15) is 19.3 Å². The molecular formula is C26H47N5O18S. The molecule has 12 atom stereocenters. The Morgan fingerprint density at radius 1 is 0.560 bits per heavy atom. The Balaban J connectivity index is 6.58. The number of thiol groups is 1. The van der Waals surface area contributed by atoms with Crippen molar-refractivity contribution in [3.05, 3.63) is 0 Å². The van der Waals surface area contributed by atoms with Crippen LogP contribution in [0.15, 0.2) is 0 Å². The summed E-state index contributed by atoms with van der Waals surface area (Å²) >= 11 is 3.77. The summed E-state index contributed by atoms with van der Waals surface area (Å²) in [5.74, 6) is -9.82. The van der Waals surface area contributed by atoms with Gasteiger partial charge in [0, 0.05) is 19.0 Å². The van der Waals surface area contributed by atoms with Gasteiger partial charge in [0.05, 0.1) is 25.2 Å². The molecular weight excluding hydrogens is 702 g/mol. The van der Waals surface area contributed by atoms with E-state index in [4.69, 9.17) is 10.2 Å². The van der Waals surface area contributed by atoms with Gasteiger partial charge in [-0.1, -0.05) is 0 Å². The number of hydrogen-bond donors (Lipinski definition) is 18. The molecule has 17 N–H and O–H groups in total. The molecule has 4 amide bonds. The number of nitrogens with one attached hydrogen (secondary N) is 5. The number of hydrogen-bond acceptors (Lipinski definition) is 18. The molecule has 0 rings (SSSR count). The molecule has 0 aromatic heterocycles. The Hall–Kier alpha value is -3.27. The van der Waals surface area contributed by atoms with Crippen LogP contribution in [0.5, 0.6) is 0 Å². The number of aliphatic carboxylic acids is 2. The summed E-state index contributed by atoms with van der Waals surface area (Å²) in [4.78, 5) is 75.7. The Morgan fingerprint density at radius 3 is 1.34 bits per heavy atom. The summed E-state index contributed by atoms with van der Waals surface area (Å²) in [6.07, 6.45) is -17.1. The highest BCUT2D eigenvalue weighted by Crippen LogP contribution is 2.11. The summed E-state index contributed by atoms with van der Waals surface area (Å²) in [5.41, 5.74) is 0. The molecule has 0 aromatic rings. The second kappa shape index (κ2) is 23.3. The number of carboxylic acid groups (broad SMARTS) is 2. The van der Waals surface area contributed by atoms with E-state index in [9.17, 15) is 79.8 Å². The van der Waals surface area contributed by atoms with Crippen molar-refractivity contribution >= 4 is 48.2 Å². The molecule has 0 spiro atoms. The zero-order valence-corrected chi connectivity index (χ0v) is 27.5. The third kappa shape index (κ3) is 14.5. The summed E-state index contributed by atoms with van der Waals surface area (Å²) in [6, 6.07) is -10.4. The fourth-order valence-corrected chi connectivity index (χ4v) is 4.49. The first-order valence-electron chi connectivity index (χ1n) is 14.9. The number of rotatable bonds is 25. The lowest BCUT2D eigenvalue weighted by atomic mass is 9.98. The van der Waals surface area contributed by atoms with Gasteiger partial charge in [0.15, 0.2) is 0 Å². The van der Waals surface area contributed by atoms with Crippen molar-refractivity contribution in [1.29, 1.82) is 0 Å². The number of likely N-dealkylation sites (N-methyl/N-ethyl adjacent to an activating group) is 1. The van der Waals surface area contributed by atoms with E-state index in [2.05, 4.69) is 17.9 Å². The molecule has 0 aliphatic carbocycles. The van der Waals surface area contributed by atoms with Crippen LogP contribution in [0.4, 0.5) is 0 Å². The van der Waals surface area contributed by atoms with Gasteiger partial charge >= 0.3 is 11.9 Å². The largest absolute Gasteiger partial charge is 0.481 e. The van der Waals surface area contributed by atoms with Gasteiger partial charge in [0.2, 0.25) is 23.6 Å². The van der Waals surface area contributed by atoms with E-state index in [1.807, 2.05) is 21.3 Å². The summed E-state index contributed by atoms with van der Waals surface area (Å²) in [6.45, 7) is -2.52. The van der Waals surface area contributed by atoms with E-state index in [0.29, 0.717) is 0 Å². The molecule has 0 aliphatic heterocycles. The number of carbonyl (C=O) groups excluding carboxylic acids is 4. The molecule has 0 radical (unpaired) electrons. The van der Waals surface area contributed by atoms with Gasteiger partial charge in [-0.25, -0.2) is 4.79 Å². The second-order valence-electron chi connectivity index (χ2n) is 10.9. The lowest BCUT2D eigenvalue weighted by Crippen LogP contribution is -2.65. The Kier molecular flexibility index (Phi) is 21.7. The second-order valence-corrected chi connectivity index (χ2v) is 11.2. The maximum atomic E-state index is 13.4. The van der Waals surface area contributed by atoms with E-state index >= 15 is 0 Å². The van der Waals surface area contributed by atoms with Crippen molar-refractivity contribution in [3.63, 3.8) is 0 Å². The van der Waals surface area contributed by atoms with E-state index in [0.717, 1.165) is 7.05 Å². The first-order chi connectivity index (χ1) is 23.3. The fourth-order valence-electron chi connectivity index (χ4n) is 4.24. The van der Waals surface area contributed by atoms with E-state index in [-0.39, 0.29) is 0 Å². The topological polar surface area (TPSA) is 405 Å². The predicted octanol–water partition coefficient (Wildman–Crippen LogP) is -9.71. The fraction of sp³-hybridized carbons (Fsp3) is 0.769. The van der Waals surface area contributed by atoms with Gasteiger partial charge in [-0.05, 0) is 19.9 Å². The van der Waals surface area contributed by atoms with Crippen LogP contribution in [-0.4, -0.2) is 202 Å². The average Bonchev–Trinajstić information content (AvgIpc) is 3.06. The van der Waals surface area contributed by atoms with Crippen LogP contribution >= 0.6 is 12.6 Å². The van der Waals surface area contributed by atoms with Crippen LogP contribution in [0.25, 0.3) is 0 Å². The van der Waals surface area contributed by atoms with Gasteiger partial charge in [-0.15, -0.1) is 0 Å². The highest BCUT2D eigenvalue weighted by Gasteiger charge is 2.41. The minimum absolute atomic E-state index is 0.487. The Labute approximate surface area is 289 Å². The predicted molar refractivity (Wildman–Crippen MR) is 167 cm³/mol. The van der Waals surface area contributed by atoms with Crippen molar-refractivity contribution in [2.24, 2.45) is 0 Å². The number of carbonyl (C=O) groups is 6. The quantitative estimate of drug-likeness (QED) is 0.0385. The summed E-state index contributed by atoms with van der Waals surface area (Å²) in [7, 11) is 1.08. The van der Waals surface area contributed by atoms with Crippen molar-refractivity contribution in [3.8, 4) is 0 Å². The minimum Gasteiger partial charge on any atom is -0.481 e. The normalized spacial score (nSPS) is 18.7. The van der Waals surface area contributed by atoms with Gasteiger partial charge in [-0.3, -0.25) is 24.0 Å². The first-order valence-corrected chi connectivity index (χ1v) is 15.5. The van der Waals surface area contributed by atoms with Crippen LogP contribution in [-0.2, 0) is 28.8 Å². The van der Waals surface area contributed by atoms with E-state index in [1.165, 1.54) is 0 Å².